The summed E-state index contributed by atoms with van der Waals surface area (Å²) in [6, 6.07) is 0. The van der Waals surface area contributed by atoms with Crippen molar-refractivity contribution in [3.63, 3.8) is 0 Å². The van der Waals surface area contributed by atoms with Crippen molar-refractivity contribution in [2.75, 3.05) is 6.61 Å². The lowest BCUT2D eigenvalue weighted by Gasteiger charge is -2.06. The fraction of sp³-hybridized carbons (Fsp3) is 0.846. The van der Waals surface area contributed by atoms with Crippen molar-refractivity contribution in [3.8, 4) is 0 Å². The van der Waals surface area contributed by atoms with Gasteiger partial charge in [0, 0.05) is 6.61 Å². The molecule has 88 valence electrons. The van der Waals surface area contributed by atoms with Gasteiger partial charge in [0.1, 0.15) is 0 Å². The smallest absolute Gasteiger partial charge is 0.0610 e. The summed E-state index contributed by atoms with van der Waals surface area (Å²) in [6.45, 7) is 3.24. The van der Waals surface area contributed by atoms with Gasteiger partial charge in [0.15, 0.2) is 0 Å². The Morgan fingerprint density at radius 2 is 2.27 bits per heavy atom. The summed E-state index contributed by atoms with van der Waals surface area (Å²) in [5.74, 6) is 0. The molecule has 0 radical (unpaired) electrons. The molecule has 0 aromatic rings. The molecule has 15 heavy (non-hydrogen) atoms. The standard InChI is InChI=1S/C13H23IO/c1-2-3-4-5-7-12(14)9-10-13-8-6-11-15-13/h9,13H,2-8,10-11H2,1H3/b12-9+. The summed E-state index contributed by atoms with van der Waals surface area (Å²) in [5.41, 5.74) is 0. The maximum atomic E-state index is 5.60. The van der Waals surface area contributed by atoms with E-state index < -0.39 is 0 Å². The molecule has 1 unspecified atom stereocenters. The van der Waals surface area contributed by atoms with E-state index in [2.05, 4.69) is 35.6 Å². The van der Waals surface area contributed by atoms with E-state index in [9.17, 15) is 0 Å². The number of hydrogen-bond acceptors (Lipinski definition) is 1. The van der Waals surface area contributed by atoms with Gasteiger partial charge in [-0.1, -0.05) is 32.3 Å². The van der Waals surface area contributed by atoms with Gasteiger partial charge in [-0.25, -0.2) is 0 Å². The Morgan fingerprint density at radius 3 is 2.93 bits per heavy atom. The van der Waals surface area contributed by atoms with E-state index in [0.717, 1.165) is 13.0 Å². The molecule has 2 heteroatoms. The minimum absolute atomic E-state index is 0.519. The molecule has 1 nitrogen and oxygen atoms in total. The van der Waals surface area contributed by atoms with Gasteiger partial charge in [-0.2, -0.15) is 0 Å². The molecule has 1 rings (SSSR count). The van der Waals surface area contributed by atoms with Crippen LogP contribution in [-0.2, 0) is 4.74 Å². The molecule has 0 saturated carbocycles. The van der Waals surface area contributed by atoms with Crippen LogP contribution in [0.25, 0.3) is 0 Å². The predicted octanol–water partition coefficient (Wildman–Crippen LogP) is 4.84. The van der Waals surface area contributed by atoms with Crippen molar-refractivity contribution in [2.45, 2.75) is 64.4 Å². The third kappa shape index (κ3) is 6.56. The monoisotopic (exact) mass is 322 g/mol. The van der Waals surface area contributed by atoms with Crippen LogP contribution >= 0.6 is 22.6 Å². The summed E-state index contributed by atoms with van der Waals surface area (Å²) in [6.07, 6.45) is 13.3. The third-order valence-electron chi connectivity index (χ3n) is 2.90. The van der Waals surface area contributed by atoms with Crippen molar-refractivity contribution < 1.29 is 4.74 Å². The van der Waals surface area contributed by atoms with Crippen LogP contribution in [-0.4, -0.2) is 12.7 Å². The minimum atomic E-state index is 0.519. The molecule has 1 aliphatic rings. The lowest BCUT2D eigenvalue weighted by Crippen LogP contribution is -2.02. The van der Waals surface area contributed by atoms with Crippen LogP contribution in [0.5, 0.6) is 0 Å². The van der Waals surface area contributed by atoms with Crippen molar-refractivity contribution in [1.82, 2.24) is 0 Å². The molecule has 0 amide bonds. The average molecular weight is 322 g/mol. The molecular weight excluding hydrogens is 299 g/mol. The SMILES string of the molecule is CCCCCC/C(I)=C\CC1CCCO1. The van der Waals surface area contributed by atoms with Crippen LogP contribution in [0, 0.1) is 0 Å². The van der Waals surface area contributed by atoms with Crippen LogP contribution in [0.3, 0.4) is 0 Å². The van der Waals surface area contributed by atoms with Crippen LogP contribution < -0.4 is 0 Å². The molecule has 1 aliphatic heterocycles. The largest absolute Gasteiger partial charge is 0.378 e. The molecule has 0 N–H and O–H groups in total. The fourth-order valence-electron chi connectivity index (χ4n) is 1.91. The van der Waals surface area contributed by atoms with E-state index in [4.69, 9.17) is 4.74 Å². The Labute approximate surface area is 108 Å². The zero-order chi connectivity index (χ0) is 10.9. The quantitative estimate of drug-likeness (QED) is 0.481. The molecule has 1 atom stereocenters. The summed E-state index contributed by atoms with van der Waals surface area (Å²) in [7, 11) is 0. The number of allylic oxidation sites excluding steroid dienone is 1. The molecular formula is C13H23IO. The highest BCUT2D eigenvalue weighted by Gasteiger charge is 2.13. The zero-order valence-electron chi connectivity index (χ0n) is 9.80. The van der Waals surface area contributed by atoms with Gasteiger partial charge in [0.25, 0.3) is 0 Å². The summed E-state index contributed by atoms with van der Waals surface area (Å²) in [5, 5.41) is 0. The van der Waals surface area contributed by atoms with E-state index >= 15 is 0 Å². The third-order valence-corrected chi connectivity index (χ3v) is 3.88. The first kappa shape index (κ1) is 13.5. The minimum Gasteiger partial charge on any atom is -0.378 e. The molecule has 0 aromatic heterocycles. The topological polar surface area (TPSA) is 9.23 Å². The Kier molecular flexibility index (Phi) is 7.71. The number of hydrogen-bond donors (Lipinski definition) is 0. The fourth-order valence-corrected chi connectivity index (χ4v) is 2.55. The second-order valence-electron chi connectivity index (χ2n) is 4.33. The van der Waals surface area contributed by atoms with Crippen LogP contribution in [0.2, 0.25) is 0 Å². The van der Waals surface area contributed by atoms with E-state index in [1.807, 2.05) is 0 Å². The molecule has 0 aliphatic carbocycles. The van der Waals surface area contributed by atoms with E-state index in [-0.39, 0.29) is 0 Å². The van der Waals surface area contributed by atoms with Gasteiger partial charge >= 0.3 is 0 Å². The second kappa shape index (κ2) is 8.57. The van der Waals surface area contributed by atoms with Gasteiger partial charge in [-0.15, -0.1) is 0 Å². The number of rotatable bonds is 7. The average Bonchev–Trinajstić information content (AvgIpc) is 2.74. The zero-order valence-corrected chi connectivity index (χ0v) is 12.0. The summed E-state index contributed by atoms with van der Waals surface area (Å²) < 4.78 is 7.13. The van der Waals surface area contributed by atoms with Crippen molar-refractivity contribution in [1.29, 1.82) is 0 Å². The first-order chi connectivity index (χ1) is 7.33. The molecule has 1 heterocycles. The summed E-state index contributed by atoms with van der Waals surface area (Å²) >= 11 is 2.49. The maximum Gasteiger partial charge on any atom is 0.0610 e. The van der Waals surface area contributed by atoms with Crippen LogP contribution in [0.4, 0.5) is 0 Å². The van der Waals surface area contributed by atoms with E-state index in [0.29, 0.717) is 6.10 Å². The van der Waals surface area contributed by atoms with Crippen LogP contribution in [0.1, 0.15) is 58.3 Å². The second-order valence-corrected chi connectivity index (χ2v) is 5.72. The van der Waals surface area contributed by atoms with Crippen molar-refractivity contribution >= 4 is 22.6 Å². The number of halogens is 1. The predicted molar refractivity (Wildman–Crippen MR) is 74.5 cm³/mol. The van der Waals surface area contributed by atoms with Gasteiger partial charge in [0.2, 0.25) is 0 Å². The van der Waals surface area contributed by atoms with Crippen LogP contribution in [0.15, 0.2) is 9.66 Å². The van der Waals surface area contributed by atoms with Gasteiger partial charge in [0.05, 0.1) is 6.10 Å². The van der Waals surface area contributed by atoms with E-state index in [1.165, 1.54) is 48.5 Å². The lowest BCUT2D eigenvalue weighted by atomic mass is 10.1. The molecule has 1 fully saturated rings. The number of ether oxygens (including phenoxy) is 1. The highest BCUT2D eigenvalue weighted by molar-refractivity contribution is 14.1. The lowest BCUT2D eigenvalue weighted by molar-refractivity contribution is 0.113. The van der Waals surface area contributed by atoms with Gasteiger partial charge in [-0.05, 0) is 58.3 Å². The maximum absolute atomic E-state index is 5.60. The van der Waals surface area contributed by atoms with E-state index in [1.54, 1.807) is 0 Å². The first-order valence-corrected chi connectivity index (χ1v) is 7.37. The number of unbranched alkanes of at least 4 members (excludes halogenated alkanes) is 3. The molecule has 0 aromatic carbocycles. The van der Waals surface area contributed by atoms with Crippen molar-refractivity contribution in [3.05, 3.63) is 9.66 Å². The Bertz CT molecular complexity index is 183. The van der Waals surface area contributed by atoms with Crippen molar-refractivity contribution in [2.24, 2.45) is 0 Å². The van der Waals surface area contributed by atoms with Gasteiger partial charge < -0.3 is 4.74 Å². The Morgan fingerprint density at radius 1 is 1.40 bits per heavy atom. The Hall–Kier alpha value is 0.430. The highest BCUT2D eigenvalue weighted by Crippen LogP contribution is 2.21. The molecule has 0 bridgehead atoms. The molecule has 0 spiro atoms. The highest BCUT2D eigenvalue weighted by atomic mass is 127. The first-order valence-electron chi connectivity index (χ1n) is 6.29. The Balaban J connectivity index is 2.04. The van der Waals surface area contributed by atoms with Gasteiger partial charge in [-0.3, -0.25) is 0 Å². The molecule has 1 saturated heterocycles. The normalized spacial score (nSPS) is 22.3. The summed E-state index contributed by atoms with van der Waals surface area (Å²) in [4.78, 5) is 0.